The number of piperidine rings is 1. The lowest BCUT2D eigenvalue weighted by molar-refractivity contribution is 0.186. The standard InChI is InChI=1S/C15H30N2/c1-11(12-7-9-17(6)10-8-12)16-13-14(2,3)15(13,4)5/h11-13,16H,7-10H2,1-6H3. The van der Waals surface area contributed by atoms with E-state index < -0.39 is 0 Å². The Kier molecular flexibility index (Phi) is 3.33. The van der Waals surface area contributed by atoms with Crippen molar-refractivity contribution in [3.63, 3.8) is 0 Å². The maximum Gasteiger partial charge on any atom is 0.0183 e. The third-order valence-corrected chi connectivity index (χ3v) is 5.92. The summed E-state index contributed by atoms with van der Waals surface area (Å²) >= 11 is 0. The molecular formula is C15H30N2. The fourth-order valence-electron chi connectivity index (χ4n) is 3.54. The lowest BCUT2D eigenvalue weighted by Crippen LogP contribution is -2.42. The van der Waals surface area contributed by atoms with Crippen LogP contribution in [0.2, 0.25) is 0 Å². The largest absolute Gasteiger partial charge is 0.310 e. The number of hydrogen-bond donors (Lipinski definition) is 1. The van der Waals surface area contributed by atoms with E-state index in [4.69, 9.17) is 0 Å². The van der Waals surface area contributed by atoms with E-state index >= 15 is 0 Å². The summed E-state index contributed by atoms with van der Waals surface area (Å²) < 4.78 is 0. The van der Waals surface area contributed by atoms with Gasteiger partial charge in [0.2, 0.25) is 0 Å². The predicted molar refractivity (Wildman–Crippen MR) is 74.2 cm³/mol. The predicted octanol–water partition coefficient (Wildman–Crippen LogP) is 2.74. The summed E-state index contributed by atoms with van der Waals surface area (Å²) in [5.74, 6) is 0.874. The van der Waals surface area contributed by atoms with Crippen molar-refractivity contribution in [2.75, 3.05) is 20.1 Å². The van der Waals surface area contributed by atoms with Crippen LogP contribution in [0.1, 0.15) is 47.5 Å². The van der Waals surface area contributed by atoms with Crippen molar-refractivity contribution in [3.8, 4) is 0 Å². The minimum absolute atomic E-state index is 0.465. The molecule has 2 fully saturated rings. The molecule has 1 saturated carbocycles. The molecule has 0 aromatic rings. The van der Waals surface area contributed by atoms with Gasteiger partial charge >= 0.3 is 0 Å². The van der Waals surface area contributed by atoms with Crippen LogP contribution in [0.4, 0.5) is 0 Å². The van der Waals surface area contributed by atoms with E-state index in [1.165, 1.54) is 25.9 Å². The van der Waals surface area contributed by atoms with Gasteiger partial charge in [-0.15, -0.1) is 0 Å². The van der Waals surface area contributed by atoms with Crippen molar-refractivity contribution in [1.29, 1.82) is 0 Å². The van der Waals surface area contributed by atoms with Crippen LogP contribution in [0.25, 0.3) is 0 Å². The molecule has 0 amide bonds. The molecule has 0 aromatic heterocycles. The van der Waals surface area contributed by atoms with E-state index in [2.05, 4.69) is 51.9 Å². The summed E-state index contributed by atoms with van der Waals surface area (Å²) in [7, 11) is 2.24. The van der Waals surface area contributed by atoms with E-state index in [-0.39, 0.29) is 0 Å². The second-order valence-electron chi connectivity index (χ2n) is 7.47. The smallest absolute Gasteiger partial charge is 0.0183 e. The fourth-order valence-corrected chi connectivity index (χ4v) is 3.54. The van der Waals surface area contributed by atoms with Crippen LogP contribution < -0.4 is 5.32 Å². The Balaban J connectivity index is 1.85. The van der Waals surface area contributed by atoms with Crippen LogP contribution in [0, 0.1) is 16.7 Å². The van der Waals surface area contributed by atoms with Gasteiger partial charge in [-0.25, -0.2) is 0 Å². The minimum Gasteiger partial charge on any atom is -0.310 e. The lowest BCUT2D eigenvalue weighted by Gasteiger charge is -2.33. The molecule has 100 valence electrons. The van der Waals surface area contributed by atoms with E-state index in [1.54, 1.807) is 0 Å². The molecule has 0 spiro atoms. The third-order valence-electron chi connectivity index (χ3n) is 5.92. The zero-order valence-electron chi connectivity index (χ0n) is 12.5. The second kappa shape index (κ2) is 4.24. The van der Waals surface area contributed by atoms with Crippen molar-refractivity contribution in [2.24, 2.45) is 16.7 Å². The quantitative estimate of drug-likeness (QED) is 0.813. The van der Waals surface area contributed by atoms with E-state index in [0.29, 0.717) is 22.9 Å². The van der Waals surface area contributed by atoms with Crippen molar-refractivity contribution < 1.29 is 0 Å². The highest BCUT2D eigenvalue weighted by Crippen LogP contribution is 2.62. The first kappa shape index (κ1) is 13.4. The van der Waals surface area contributed by atoms with Gasteiger partial charge in [-0.3, -0.25) is 0 Å². The molecule has 0 aromatic carbocycles. The van der Waals surface area contributed by atoms with Crippen molar-refractivity contribution in [3.05, 3.63) is 0 Å². The topological polar surface area (TPSA) is 15.3 Å². The van der Waals surface area contributed by atoms with Gasteiger partial charge in [-0.05, 0) is 56.7 Å². The molecule has 0 radical (unpaired) electrons. The van der Waals surface area contributed by atoms with E-state index in [0.717, 1.165) is 5.92 Å². The van der Waals surface area contributed by atoms with Crippen molar-refractivity contribution >= 4 is 0 Å². The normalized spacial score (nSPS) is 31.4. The Morgan fingerprint density at radius 2 is 1.53 bits per heavy atom. The van der Waals surface area contributed by atoms with Gasteiger partial charge in [0, 0.05) is 12.1 Å². The molecule has 1 heterocycles. The van der Waals surface area contributed by atoms with Gasteiger partial charge in [0.05, 0.1) is 0 Å². The highest BCUT2D eigenvalue weighted by atomic mass is 15.1. The van der Waals surface area contributed by atoms with E-state index in [1.807, 2.05) is 0 Å². The highest BCUT2D eigenvalue weighted by molar-refractivity contribution is 5.18. The van der Waals surface area contributed by atoms with Crippen LogP contribution in [-0.2, 0) is 0 Å². The molecule has 1 aliphatic heterocycles. The Morgan fingerprint density at radius 1 is 1.06 bits per heavy atom. The van der Waals surface area contributed by atoms with Gasteiger partial charge in [0.1, 0.15) is 0 Å². The number of rotatable bonds is 3. The number of likely N-dealkylation sites (tertiary alicyclic amines) is 1. The summed E-state index contributed by atoms with van der Waals surface area (Å²) in [6, 6.07) is 1.37. The van der Waals surface area contributed by atoms with Crippen molar-refractivity contribution in [1.82, 2.24) is 10.2 Å². The molecular weight excluding hydrogens is 208 g/mol. The summed E-state index contributed by atoms with van der Waals surface area (Å²) in [5, 5.41) is 3.90. The average molecular weight is 238 g/mol. The Labute approximate surface area is 107 Å². The Bertz CT molecular complexity index is 261. The molecule has 1 saturated heterocycles. The molecule has 2 aliphatic rings. The zero-order valence-corrected chi connectivity index (χ0v) is 12.5. The van der Waals surface area contributed by atoms with Gasteiger partial charge < -0.3 is 10.2 Å². The number of nitrogens with zero attached hydrogens (tertiary/aromatic N) is 1. The molecule has 17 heavy (non-hydrogen) atoms. The number of nitrogens with one attached hydrogen (secondary N) is 1. The van der Waals surface area contributed by atoms with Crippen molar-refractivity contribution in [2.45, 2.75) is 59.5 Å². The molecule has 2 nitrogen and oxygen atoms in total. The molecule has 0 bridgehead atoms. The third kappa shape index (κ3) is 2.26. The SMILES string of the molecule is CC(NC1C(C)(C)C1(C)C)C1CCN(C)CC1. The van der Waals surface area contributed by atoms with Crippen LogP contribution in [-0.4, -0.2) is 37.1 Å². The second-order valence-corrected chi connectivity index (χ2v) is 7.47. The van der Waals surface area contributed by atoms with E-state index in [9.17, 15) is 0 Å². The van der Waals surface area contributed by atoms with Gasteiger partial charge in [0.15, 0.2) is 0 Å². The first-order valence-electron chi connectivity index (χ1n) is 7.21. The Hall–Kier alpha value is -0.0800. The summed E-state index contributed by atoms with van der Waals surface area (Å²) in [5.41, 5.74) is 0.930. The molecule has 2 rings (SSSR count). The summed E-state index contributed by atoms with van der Waals surface area (Å²) in [4.78, 5) is 2.45. The monoisotopic (exact) mass is 238 g/mol. The van der Waals surface area contributed by atoms with Gasteiger partial charge in [-0.1, -0.05) is 27.7 Å². The first-order chi connectivity index (χ1) is 7.76. The van der Waals surface area contributed by atoms with Crippen LogP contribution in [0.3, 0.4) is 0 Å². The van der Waals surface area contributed by atoms with Crippen LogP contribution >= 0.6 is 0 Å². The van der Waals surface area contributed by atoms with Gasteiger partial charge in [0.25, 0.3) is 0 Å². The summed E-state index contributed by atoms with van der Waals surface area (Å²) in [6.45, 7) is 14.5. The summed E-state index contributed by atoms with van der Waals surface area (Å²) in [6.07, 6.45) is 2.72. The Morgan fingerprint density at radius 3 is 1.94 bits per heavy atom. The van der Waals surface area contributed by atoms with Crippen LogP contribution in [0.15, 0.2) is 0 Å². The molecule has 1 atom stereocenters. The maximum absolute atomic E-state index is 3.90. The molecule has 2 heteroatoms. The lowest BCUT2D eigenvalue weighted by atomic mass is 9.90. The molecule has 1 aliphatic carbocycles. The maximum atomic E-state index is 3.90. The fraction of sp³-hybridized carbons (Fsp3) is 1.00. The first-order valence-corrected chi connectivity index (χ1v) is 7.21. The molecule has 1 N–H and O–H groups in total. The zero-order chi connectivity index (χ0) is 12.8. The molecule has 1 unspecified atom stereocenters. The number of hydrogen-bond acceptors (Lipinski definition) is 2. The van der Waals surface area contributed by atoms with Crippen LogP contribution in [0.5, 0.6) is 0 Å². The minimum atomic E-state index is 0.465. The highest BCUT2D eigenvalue weighted by Gasteiger charge is 2.64. The average Bonchev–Trinajstić information content (AvgIpc) is 2.62. The van der Waals surface area contributed by atoms with Gasteiger partial charge in [-0.2, -0.15) is 0 Å².